The minimum Gasteiger partial charge on any atom is -0.283 e. The van der Waals surface area contributed by atoms with E-state index in [0.29, 0.717) is 0 Å². The van der Waals surface area contributed by atoms with Crippen LogP contribution in [0, 0.1) is 11.5 Å². The third-order valence-corrected chi connectivity index (χ3v) is 5.29. The Morgan fingerprint density at radius 1 is 1.04 bits per heavy atom. The van der Waals surface area contributed by atoms with E-state index < -0.39 is 8.07 Å². The molecule has 0 saturated carbocycles. The molecule has 134 valence electrons. The van der Waals surface area contributed by atoms with Crippen LogP contribution in [0.3, 0.4) is 0 Å². The van der Waals surface area contributed by atoms with E-state index in [0.717, 1.165) is 33.9 Å². The summed E-state index contributed by atoms with van der Waals surface area (Å²) in [4.78, 5) is 5.00. The highest BCUT2D eigenvalue weighted by Crippen LogP contribution is 2.29. The standard InChI is InChI=1S/C22H22N4Si/c1-16-22-25-23-15-26(22)20-11-10-17(12-13-27(2,3)4)14-19(20)21(24-16)18-8-6-5-7-9-18/h5-11,14-16H,1-4H3. The summed E-state index contributed by atoms with van der Waals surface area (Å²) in [5.41, 5.74) is 8.65. The smallest absolute Gasteiger partial charge is 0.162 e. The lowest BCUT2D eigenvalue weighted by atomic mass is 9.98. The maximum atomic E-state index is 5.00. The van der Waals surface area contributed by atoms with E-state index in [2.05, 4.69) is 78.6 Å². The maximum absolute atomic E-state index is 5.00. The summed E-state index contributed by atoms with van der Waals surface area (Å²) in [5.74, 6) is 4.22. The van der Waals surface area contributed by atoms with Gasteiger partial charge in [-0.2, -0.15) is 0 Å². The van der Waals surface area contributed by atoms with Gasteiger partial charge in [-0.15, -0.1) is 15.7 Å². The van der Waals surface area contributed by atoms with Crippen molar-refractivity contribution in [3.63, 3.8) is 0 Å². The SMILES string of the molecule is CC1N=C(c2ccccc2)c2cc(C#C[Si](C)(C)C)ccc2-n2cnnc21. The number of fused-ring (bicyclic) bond motifs is 3. The van der Waals surface area contributed by atoms with E-state index in [9.17, 15) is 0 Å². The molecule has 0 fully saturated rings. The van der Waals surface area contributed by atoms with Gasteiger partial charge in [0.05, 0.1) is 11.4 Å². The Kier molecular flexibility index (Phi) is 4.29. The average molecular weight is 371 g/mol. The largest absolute Gasteiger partial charge is 0.283 e. The van der Waals surface area contributed by atoms with Gasteiger partial charge in [0.25, 0.3) is 0 Å². The zero-order valence-electron chi connectivity index (χ0n) is 16.1. The van der Waals surface area contributed by atoms with Crippen molar-refractivity contribution < 1.29 is 0 Å². The molecular formula is C22H22N4Si. The van der Waals surface area contributed by atoms with Gasteiger partial charge in [0, 0.05) is 16.7 Å². The van der Waals surface area contributed by atoms with Crippen LogP contribution in [0.4, 0.5) is 0 Å². The molecule has 1 aromatic heterocycles. The Bertz CT molecular complexity index is 1080. The molecule has 3 aromatic rings. The van der Waals surface area contributed by atoms with Crippen LogP contribution < -0.4 is 0 Å². The summed E-state index contributed by atoms with van der Waals surface area (Å²) in [7, 11) is -1.44. The average Bonchev–Trinajstić information content (AvgIpc) is 3.10. The van der Waals surface area contributed by atoms with Gasteiger partial charge >= 0.3 is 0 Å². The van der Waals surface area contributed by atoms with Gasteiger partial charge in [0.1, 0.15) is 20.4 Å². The fraction of sp³-hybridized carbons (Fsp3) is 0.227. The third kappa shape index (κ3) is 3.49. The molecule has 2 aromatic carbocycles. The lowest BCUT2D eigenvalue weighted by Crippen LogP contribution is -2.16. The van der Waals surface area contributed by atoms with E-state index in [1.54, 1.807) is 6.33 Å². The second-order valence-electron chi connectivity index (χ2n) is 7.81. The number of hydrogen-bond donors (Lipinski definition) is 0. The normalized spacial score (nSPS) is 15.7. The Hall–Kier alpha value is -2.97. The molecular weight excluding hydrogens is 348 g/mol. The first-order chi connectivity index (χ1) is 12.9. The molecule has 0 aliphatic carbocycles. The molecule has 1 aliphatic heterocycles. The predicted molar refractivity (Wildman–Crippen MR) is 112 cm³/mol. The number of benzene rings is 2. The highest BCUT2D eigenvalue weighted by atomic mass is 28.3. The maximum Gasteiger partial charge on any atom is 0.162 e. The van der Waals surface area contributed by atoms with Crippen LogP contribution in [0.25, 0.3) is 5.69 Å². The van der Waals surface area contributed by atoms with Crippen LogP contribution in [0.2, 0.25) is 19.6 Å². The quantitative estimate of drug-likeness (QED) is 0.470. The summed E-state index contributed by atoms with van der Waals surface area (Å²) >= 11 is 0. The summed E-state index contributed by atoms with van der Waals surface area (Å²) in [6, 6.07) is 16.6. The minimum atomic E-state index is -1.44. The van der Waals surface area contributed by atoms with Crippen molar-refractivity contribution in [3.05, 3.63) is 77.4 Å². The molecule has 1 aliphatic rings. The Morgan fingerprint density at radius 3 is 2.56 bits per heavy atom. The van der Waals surface area contributed by atoms with Crippen LogP contribution in [-0.2, 0) is 0 Å². The molecule has 0 amide bonds. The first kappa shape index (κ1) is 17.4. The van der Waals surface area contributed by atoms with E-state index >= 15 is 0 Å². The van der Waals surface area contributed by atoms with Crippen molar-refractivity contribution in [2.24, 2.45) is 4.99 Å². The summed E-state index contributed by atoms with van der Waals surface area (Å²) in [6.45, 7) is 8.82. The predicted octanol–water partition coefficient (Wildman–Crippen LogP) is 4.41. The third-order valence-electron chi connectivity index (χ3n) is 4.41. The zero-order chi connectivity index (χ0) is 19.0. The molecule has 0 N–H and O–H groups in total. The highest BCUT2D eigenvalue weighted by Gasteiger charge is 2.24. The van der Waals surface area contributed by atoms with Gasteiger partial charge in [-0.05, 0) is 25.1 Å². The number of rotatable bonds is 1. The Morgan fingerprint density at radius 2 is 1.81 bits per heavy atom. The zero-order valence-corrected chi connectivity index (χ0v) is 17.1. The van der Waals surface area contributed by atoms with Crippen molar-refractivity contribution in [1.82, 2.24) is 14.8 Å². The van der Waals surface area contributed by atoms with E-state index in [-0.39, 0.29) is 6.04 Å². The van der Waals surface area contributed by atoms with E-state index in [1.165, 1.54) is 0 Å². The van der Waals surface area contributed by atoms with Crippen molar-refractivity contribution in [3.8, 4) is 17.2 Å². The van der Waals surface area contributed by atoms with Crippen molar-refractivity contribution in [1.29, 1.82) is 0 Å². The molecule has 4 nitrogen and oxygen atoms in total. The van der Waals surface area contributed by atoms with Crippen LogP contribution in [0.5, 0.6) is 0 Å². The number of hydrogen-bond acceptors (Lipinski definition) is 3. The second kappa shape index (κ2) is 6.64. The lowest BCUT2D eigenvalue weighted by molar-refractivity contribution is 0.724. The van der Waals surface area contributed by atoms with Gasteiger partial charge in [-0.25, -0.2) is 0 Å². The second-order valence-corrected chi connectivity index (χ2v) is 12.6. The van der Waals surface area contributed by atoms with Crippen molar-refractivity contribution in [2.75, 3.05) is 0 Å². The van der Waals surface area contributed by atoms with Gasteiger partial charge in [-0.3, -0.25) is 9.56 Å². The van der Waals surface area contributed by atoms with E-state index in [4.69, 9.17) is 4.99 Å². The summed E-state index contributed by atoms with van der Waals surface area (Å²) in [6.07, 6.45) is 1.77. The highest BCUT2D eigenvalue weighted by molar-refractivity contribution is 6.83. The van der Waals surface area contributed by atoms with Crippen LogP contribution >= 0.6 is 0 Å². The van der Waals surface area contributed by atoms with Crippen molar-refractivity contribution in [2.45, 2.75) is 32.6 Å². The fourth-order valence-corrected chi connectivity index (χ4v) is 3.65. The van der Waals surface area contributed by atoms with Gasteiger partial charge in [0.2, 0.25) is 0 Å². The molecule has 1 unspecified atom stereocenters. The molecule has 0 radical (unpaired) electrons. The van der Waals surface area contributed by atoms with Crippen LogP contribution in [-0.4, -0.2) is 28.6 Å². The minimum absolute atomic E-state index is 0.0772. The van der Waals surface area contributed by atoms with Gasteiger partial charge in [-0.1, -0.05) is 55.9 Å². The molecule has 1 atom stereocenters. The lowest BCUT2D eigenvalue weighted by Gasteiger charge is -2.12. The monoisotopic (exact) mass is 370 g/mol. The summed E-state index contributed by atoms with van der Waals surface area (Å²) < 4.78 is 2.04. The number of aromatic nitrogens is 3. The van der Waals surface area contributed by atoms with Crippen LogP contribution in [0.1, 0.15) is 35.5 Å². The molecule has 0 spiro atoms. The number of aliphatic imine (C=N–C) groups is 1. The molecule has 2 heterocycles. The first-order valence-electron chi connectivity index (χ1n) is 9.13. The van der Waals surface area contributed by atoms with Gasteiger partial charge in [0.15, 0.2) is 5.82 Å². The Labute approximate surface area is 161 Å². The molecule has 0 saturated heterocycles. The molecule has 5 heteroatoms. The van der Waals surface area contributed by atoms with Gasteiger partial charge < -0.3 is 0 Å². The fourth-order valence-electron chi connectivity index (χ4n) is 3.13. The topological polar surface area (TPSA) is 43.1 Å². The Balaban J connectivity index is 1.95. The number of nitrogens with zero attached hydrogens (tertiary/aromatic N) is 4. The molecule has 4 rings (SSSR count). The van der Waals surface area contributed by atoms with Crippen molar-refractivity contribution >= 4 is 13.8 Å². The molecule has 27 heavy (non-hydrogen) atoms. The van der Waals surface area contributed by atoms with Crippen LogP contribution in [0.15, 0.2) is 59.9 Å². The van der Waals surface area contributed by atoms with E-state index in [1.807, 2.05) is 22.8 Å². The summed E-state index contributed by atoms with van der Waals surface area (Å²) in [5, 5.41) is 8.40. The first-order valence-corrected chi connectivity index (χ1v) is 12.6. The molecule has 0 bridgehead atoms.